The number of thioether (sulfide) groups is 1. The van der Waals surface area contributed by atoms with Crippen molar-refractivity contribution in [1.82, 2.24) is 5.32 Å². The predicted octanol–water partition coefficient (Wildman–Crippen LogP) is 4.83. The zero-order chi connectivity index (χ0) is 22.3. The number of amides is 1. The van der Waals surface area contributed by atoms with E-state index < -0.39 is 10.0 Å². The van der Waals surface area contributed by atoms with E-state index in [1.54, 1.807) is 60.3 Å². The highest BCUT2D eigenvalue weighted by atomic mass is 35.5. The fourth-order valence-corrected chi connectivity index (χ4v) is 4.67. The van der Waals surface area contributed by atoms with Gasteiger partial charge in [0.2, 0.25) is 10.0 Å². The van der Waals surface area contributed by atoms with Crippen LogP contribution in [-0.2, 0) is 16.6 Å². The number of hydrogen-bond donors (Lipinski definition) is 1. The highest BCUT2D eigenvalue weighted by Crippen LogP contribution is 2.21. The van der Waals surface area contributed by atoms with Crippen molar-refractivity contribution in [2.45, 2.75) is 11.4 Å². The highest BCUT2D eigenvalue weighted by molar-refractivity contribution is 7.99. The molecule has 0 saturated carbocycles. The Hall–Kier alpha value is -2.48. The number of nitrogens with one attached hydrogen (secondary N) is 1. The van der Waals surface area contributed by atoms with Crippen molar-refractivity contribution < 1.29 is 13.2 Å². The Morgan fingerprint density at radius 2 is 1.61 bits per heavy atom. The van der Waals surface area contributed by atoms with Crippen LogP contribution in [0.4, 0.5) is 5.69 Å². The molecule has 0 unspecified atom stereocenters. The van der Waals surface area contributed by atoms with E-state index in [2.05, 4.69) is 5.32 Å². The number of rotatable bonds is 9. The quantitative estimate of drug-likeness (QED) is 0.356. The van der Waals surface area contributed by atoms with Gasteiger partial charge in [0.25, 0.3) is 5.91 Å². The second-order valence-corrected chi connectivity index (χ2v) is 10.4. The Balaban J connectivity index is 1.55. The minimum absolute atomic E-state index is 0.161. The molecule has 0 bridgehead atoms. The standard InChI is InChI=1S/C23H23ClN2O3S2/c1-31(28,29)26(21-5-3-2-4-6-21)17-18-7-9-19(10-8-18)23(27)25-15-16-30-22-13-11-20(24)12-14-22/h2-14H,15-17H2,1H3,(H,25,27). The third-order valence-electron chi connectivity index (χ3n) is 4.46. The van der Waals surface area contributed by atoms with Gasteiger partial charge in [0.15, 0.2) is 0 Å². The molecule has 5 nitrogen and oxygen atoms in total. The monoisotopic (exact) mass is 474 g/mol. The molecule has 0 heterocycles. The molecular weight excluding hydrogens is 452 g/mol. The van der Waals surface area contributed by atoms with E-state index in [-0.39, 0.29) is 12.5 Å². The fraction of sp³-hybridized carbons (Fsp3) is 0.174. The van der Waals surface area contributed by atoms with Crippen molar-refractivity contribution in [3.05, 3.63) is 95.0 Å². The Kier molecular flexibility index (Phi) is 8.01. The summed E-state index contributed by atoms with van der Waals surface area (Å²) in [5, 5.41) is 3.60. The van der Waals surface area contributed by atoms with E-state index in [0.29, 0.717) is 22.8 Å². The summed E-state index contributed by atoms with van der Waals surface area (Å²) in [7, 11) is -3.44. The largest absolute Gasteiger partial charge is 0.351 e. The van der Waals surface area contributed by atoms with Crippen molar-refractivity contribution >= 4 is 45.0 Å². The van der Waals surface area contributed by atoms with Gasteiger partial charge in [-0.15, -0.1) is 11.8 Å². The molecule has 0 atom stereocenters. The maximum atomic E-state index is 12.4. The molecule has 0 aliphatic rings. The van der Waals surface area contributed by atoms with Crippen molar-refractivity contribution in [3.63, 3.8) is 0 Å². The number of carbonyl (C=O) groups is 1. The average Bonchev–Trinajstić information content (AvgIpc) is 2.76. The molecule has 1 N–H and O–H groups in total. The van der Waals surface area contributed by atoms with Crippen LogP contribution < -0.4 is 9.62 Å². The van der Waals surface area contributed by atoms with E-state index in [4.69, 9.17) is 11.6 Å². The van der Waals surface area contributed by atoms with Crippen LogP contribution in [0.15, 0.2) is 83.8 Å². The van der Waals surface area contributed by atoms with Crippen LogP contribution in [0.2, 0.25) is 5.02 Å². The summed E-state index contributed by atoms with van der Waals surface area (Å²) in [6.45, 7) is 0.728. The molecule has 3 aromatic carbocycles. The summed E-state index contributed by atoms with van der Waals surface area (Å²) in [4.78, 5) is 13.5. The van der Waals surface area contributed by atoms with Gasteiger partial charge in [-0.25, -0.2) is 8.42 Å². The van der Waals surface area contributed by atoms with Crippen LogP contribution >= 0.6 is 23.4 Å². The van der Waals surface area contributed by atoms with E-state index in [9.17, 15) is 13.2 Å². The number of para-hydroxylation sites is 1. The van der Waals surface area contributed by atoms with Gasteiger partial charge in [-0.05, 0) is 54.1 Å². The van der Waals surface area contributed by atoms with Gasteiger partial charge in [-0.1, -0.05) is 41.9 Å². The summed E-state index contributed by atoms with van der Waals surface area (Å²) in [6.07, 6.45) is 1.18. The van der Waals surface area contributed by atoms with Crippen molar-refractivity contribution in [3.8, 4) is 0 Å². The molecule has 0 aliphatic heterocycles. The van der Waals surface area contributed by atoms with Crippen molar-refractivity contribution in [1.29, 1.82) is 0 Å². The van der Waals surface area contributed by atoms with E-state index >= 15 is 0 Å². The van der Waals surface area contributed by atoms with Crippen LogP contribution in [-0.4, -0.2) is 32.9 Å². The molecular formula is C23H23ClN2O3S2. The van der Waals surface area contributed by atoms with Crippen molar-refractivity contribution in [2.75, 3.05) is 22.9 Å². The van der Waals surface area contributed by atoms with Crippen molar-refractivity contribution in [2.24, 2.45) is 0 Å². The summed E-state index contributed by atoms with van der Waals surface area (Å²) in [6, 6.07) is 23.5. The number of hydrogen-bond acceptors (Lipinski definition) is 4. The van der Waals surface area contributed by atoms with E-state index in [1.807, 2.05) is 30.3 Å². The lowest BCUT2D eigenvalue weighted by Gasteiger charge is -2.22. The SMILES string of the molecule is CS(=O)(=O)N(Cc1ccc(C(=O)NCCSc2ccc(Cl)cc2)cc1)c1ccccc1. The Labute approximate surface area is 192 Å². The first-order valence-electron chi connectivity index (χ1n) is 9.61. The van der Waals surface area contributed by atoms with Gasteiger partial charge in [-0.2, -0.15) is 0 Å². The number of benzene rings is 3. The van der Waals surface area contributed by atoms with Gasteiger partial charge >= 0.3 is 0 Å². The fourth-order valence-electron chi connectivity index (χ4n) is 2.89. The molecule has 0 radical (unpaired) electrons. The highest BCUT2D eigenvalue weighted by Gasteiger charge is 2.17. The van der Waals surface area contributed by atoms with Gasteiger partial charge in [-0.3, -0.25) is 9.10 Å². The van der Waals surface area contributed by atoms with Crippen LogP contribution in [0.25, 0.3) is 0 Å². The van der Waals surface area contributed by atoms with E-state index in [0.717, 1.165) is 16.2 Å². The lowest BCUT2D eigenvalue weighted by molar-refractivity contribution is 0.0956. The maximum absolute atomic E-state index is 12.4. The average molecular weight is 475 g/mol. The molecule has 162 valence electrons. The molecule has 0 fully saturated rings. The zero-order valence-corrected chi connectivity index (χ0v) is 19.4. The number of nitrogens with zero attached hydrogens (tertiary/aromatic N) is 1. The summed E-state index contributed by atoms with van der Waals surface area (Å²) >= 11 is 7.52. The molecule has 0 aromatic heterocycles. The van der Waals surface area contributed by atoms with Crippen LogP contribution in [0, 0.1) is 0 Å². The lowest BCUT2D eigenvalue weighted by Crippen LogP contribution is -2.29. The smallest absolute Gasteiger partial charge is 0.251 e. The Morgan fingerprint density at radius 3 is 2.23 bits per heavy atom. The minimum Gasteiger partial charge on any atom is -0.351 e. The molecule has 31 heavy (non-hydrogen) atoms. The molecule has 8 heteroatoms. The molecule has 0 saturated heterocycles. The van der Waals surface area contributed by atoms with Crippen LogP contribution in [0.1, 0.15) is 15.9 Å². The first-order valence-corrected chi connectivity index (χ1v) is 12.8. The summed E-state index contributed by atoms with van der Waals surface area (Å²) < 4.78 is 25.8. The topological polar surface area (TPSA) is 66.5 Å². The van der Waals surface area contributed by atoms with Gasteiger partial charge in [0.1, 0.15) is 0 Å². The first-order chi connectivity index (χ1) is 14.8. The Bertz CT molecular complexity index is 1100. The van der Waals surface area contributed by atoms with Crippen LogP contribution in [0.5, 0.6) is 0 Å². The Morgan fingerprint density at radius 1 is 0.968 bits per heavy atom. The second kappa shape index (κ2) is 10.7. The number of sulfonamides is 1. The first kappa shape index (κ1) is 23.2. The second-order valence-electron chi connectivity index (χ2n) is 6.86. The molecule has 1 amide bonds. The van der Waals surface area contributed by atoms with Gasteiger partial charge in [0.05, 0.1) is 18.5 Å². The normalized spacial score (nSPS) is 11.2. The van der Waals surface area contributed by atoms with Gasteiger partial charge in [0, 0.05) is 27.8 Å². The number of carbonyl (C=O) groups excluding carboxylic acids is 1. The third-order valence-corrected chi connectivity index (χ3v) is 6.86. The molecule has 3 rings (SSSR count). The number of anilines is 1. The lowest BCUT2D eigenvalue weighted by atomic mass is 10.1. The molecule has 0 spiro atoms. The van der Waals surface area contributed by atoms with Crippen LogP contribution in [0.3, 0.4) is 0 Å². The molecule has 0 aliphatic carbocycles. The third kappa shape index (κ3) is 7.02. The summed E-state index contributed by atoms with van der Waals surface area (Å²) in [5.41, 5.74) is 1.93. The maximum Gasteiger partial charge on any atom is 0.251 e. The minimum atomic E-state index is -3.44. The van der Waals surface area contributed by atoms with E-state index in [1.165, 1.54) is 10.6 Å². The summed E-state index contributed by atoms with van der Waals surface area (Å²) in [5.74, 6) is 0.581. The molecule has 3 aromatic rings. The predicted molar refractivity (Wildman–Crippen MR) is 128 cm³/mol. The zero-order valence-electron chi connectivity index (χ0n) is 17.0. The number of halogens is 1. The van der Waals surface area contributed by atoms with Gasteiger partial charge < -0.3 is 5.32 Å².